The topological polar surface area (TPSA) is 103 Å². The van der Waals surface area contributed by atoms with Crippen LogP contribution in [0.5, 0.6) is 0 Å². The Balaban J connectivity index is 1.99. The summed E-state index contributed by atoms with van der Waals surface area (Å²) in [6, 6.07) is 4.65. The number of aromatic nitrogens is 2. The van der Waals surface area contributed by atoms with Gasteiger partial charge in [0.15, 0.2) is 0 Å². The van der Waals surface area contributed by atoms with Gasteiger partial charge in [-0.15, -0.1) is 0 Å². The van der Waals surface area contributed by atoms with Gasteiger partial charge in [0, 0.05) is 18.8 Å². The molecular weight excluding hydrogens is 301 g/mol. The van der Waals surface area contributed by atoms with Crippen molar-refractivity contribution in [1.82, 2.24) is 15.1 Å². The lowest BCUT2D eigenvalue weighted by Crippen LogP contribution is -2.40. The average Bonchev–Trinajstić information content (AvgIpc) is 2.94. The number of urea groups is 1. The Hall–Kier alpha value is -2.92. The molecule has 1 heterocycles. The summed E-state index contributed by atoms with van der Waals surface area (Å²) in [6.45, 7) is 1.48. The fourth-order valence-electron chi connectivity index (χ4n) is 1.94. The minimum atomic E-state index is -1.30. The predicted molar refractivity (Wildman–Crippen MR) is 80.9 cm³/mol. The third kappa shape index (κ3) is 4.05. The molecule has 8 heteroatoms. The number of hydrogen-bond donors (Lipinski definition) is 3. The molecule has 2 amide bonds. The van der Waals surface area contributed by atoms with E-state index in [1.807, 2.05) is 0 Å². The van der Waals surface area contributed by atoms with E-state index >= 15 is 0 Å². The van der Waals surface area contributed by atoms with Crippen LogP contribution in [-0.4, -0.2) is 27.5 Å². The Morgan fingerprint density at radius 1 is 1.57 bits per heavy atom. The molecule has 23 heavy (non-hydrogen) atoms. The van der Waals surface area contributed by atoms with Crippen LogP contribution in [0.1, 0.15) is 18.1 Å². The summed E-state index contributed by atoms with van der Waals surface area (Å²) in [7, 11) is 1.72. The number of amides is 2. The molecule has 0 fully saturated rings. The summed E-state index contributed by atoms with van der Waals surface area (Å²) < 4.78 is 14.6. The highest BCUT2D eigenvalue weighted by molar-refractivity contribution is 5.90. The molecule has 2 rings (SSSR count). The third-order valence-corrected chi connectivity index (χ3v) is 3.27. The number of nitriles is 1. The highest BCUT2D eigenvalue weighted by atomic mass is 19.1. The van der Waals surface area contributed by atoms with Crippen molar-refractivity contribution in [2.24, 2.45) is 7.05 Å². The first kappa shape index (κ1) is 16.5. The van der Waals surface area contributed by atoms with E-state index in [1.54, 1.807) is 30.9 Å². The second kappa shape index (κ2) is 6.46. The molecule has 0 aliphatic carbocycles. The Kier molecular flexibility index (Phi) is 4.62. The van der Waals surface area contributed by atoms with E-state index in [4.69, 9.17) is 5.26 Å². The van der Waals surface area contributed by atoms with Gasteiger partial charge in [-0.2, -0.15) is 10.4 Å². The first-order valence-electron chi connectivity index (χ1n) is 6.78. The molecule has 0 aliphatic rings. The fourth-order valence-corrected chi connectivity index (χ4v) is 1.94. The zero-order valence-electron chi connectivity index (χ0n) is 12.7. The van der Waals surface area contributed by atoms with Gasteiger partial charge in [0.1, 0.15) is 17.5 Å². The number of anilines is 1. The summed E-state index contributed by atoms with van der Waals surface area (Å²) in [5.41, 5.74) is -0.543. The highest BCUT2D eigenvalue weighted by Gasteiger charge is 2.25. The number of benzene rings is 1. The number of hydrogen-bond acceptors (Lipinski definition) is 4. The zero-order chi connectivity index (χ0) is 17.0. The minimum absolute atomic E-state index is 0.0131. The van der Waals surface area contributed by atoms with E-state index in [9.17, 15) is 14.3 Å². The van der Waals surface area contributed by atoms with Crippen molar-refractivity contribution in [2.45, 2.75) is 12.5 Å². The SMILES string of the molecule is Cn1cc([C@@](C)(O)CNC(=O)Nc2ccc(F)cc2C#N)cn1. The number of carbonyl (C=O) groups excluding carboxylic acids is 1. The number of rotatable bonds is 4. The fraction of sp³-hybridized carbons (Fsp3) is 0.267. The maximum Gasteiger partial charge on any atom is 0.319 e. The first-order valence-corrected chi connectivity index (χ1v) is 6.78. The van der Waals surface area contributed by atoms with Crippen molar-refractivity contribution >= 4 is 11.7 Å². The Morgan fingerprint density at radius 2 is 2.30 bits per heavy atom. The van der Waals surface area contributed by atoms with Crippen LogP contribution in [0.4, 0.5) is 14.9 Å². The molecule has 0 aliphatic heterocycles. The van der Waals surface area contributed by atoms with Crippen LogP contribution >= 0.6 is 0 Å². The molecule has 1 aromatic carbocycles. The molecular formula is C15H16FN5O2. The standard InChI is InChI=1S/C15H16FN5O2/c1-15(23,11-7-19-21(2)8-11)9-18-14(22)20-13-4-3-12(16)5-10(13)6-17/h3-5,7-8,23H,9H2,1-2H3,(H2,18,20,22)/t15-/m0/s1. The maximum atomic E-state index is 13.0. The van der Waals surface area contributed by atoms with Gasteiger partial charge in [0.2, 0.25) is 0 Å². The number of aryl methyl sites for hydroxylation is 1. The lowest BCUT2D eigenvalue weighted by molar-refractivity contribution is 0.0599. The number of nitrogens with one attached hydrogen (secondary N) is 2. The van der Waals surface area contributed by atoms with E-state index in [0.29, 0.717) is 5.56 Å². The molecule has 1 atom stereocenters. The Bertz CT molecular complexity index is 763. The summed E-state index contributed by atoms with van der Waals surface area (Å²) in [6.07, 6.45) is 3.15. The summed E-state index contributed by atoms with van der Waals surface area (Å²) in [5, 5.41) is 28.2. The van der Waals surface area contributed by atoms with Crippen LogP contribution in [0.3, 0.4) is 0 Å². The number of carbonyl (C=O) groups is 1. The summed E-state index contributed by atoms with van der Waals surface area (Å²) >= 11 is 0. The largest absolute Gasteiger partial charge is 0.383 e. The Labute approximate surface area is 132 Å². The van der Waals surface area contributed by atoms with Crippen LogP contribution < -0.4 is 10.6 Å². The van der Waals surface area contributed by atoms with E-state index < -0.39 is 17.4 Å². The van der Waals surface area contributed by atoms with Crippen molar-refractivity contribution in [2.75, 3.05) is 11.9 Å². The highest BCUT2D eigenvalue weighted by Crippen LogP contribution is 2.19. The van der Waals surface area contributed by atoms with Crippen LogP contribution in [0.15, 0.2) is 30.6 Å². The average molecular weight is 317 g/mol. The molecule has 1 aromatic heterocycles. The smallest absolute Gasteiger partial charge is 0.319 e. The predicted octanol–water partition coefficient (Wildman–Crippen LogP) is 1.46. The second-order valence-corrected chi connectivity index (χ2v) is 5.29. The van der Waals surface area contributed by atoms with E-state index in [-0.39, 0.29) is 17.8 Å². The lowest BCUT2D eigenvalue weighted by Gasteiger charge is -2.22. The Morgan fingerprint density at radius 3 is 2.91 bits per heavy atom. The van der Waals surface area contributed by atoms with Gasteiger partial charge >= 0.3 is 6.03 Å². The molecule has 3 N–H and O–H groups in total. The molecule has 0 unspecified atom stereocenters. The molecule has 0 saturated heterocycles. The first-order chi connectivity index (χ1) is 10.8. The number of nitrogens with zero attached hydrogens (tertiary/aromatic N) is 3. The normalized spacial score (nSPS) is 13.0. The van der Waals surface area contributed by atoms with Crippen LogP contribution in [0.2, 0.25) is 0 Å². The zero-order valence-corrected chi connectivity index (χ0v) is 12.7. The van der Waals surface area contributed by atoms with Crippen molar-refractivity contribution in [3.63, 3.8) is 0 Å². The van der Waals surface area contributed by atoms with E-state index in [2.05, 4.69) is 15.7 Å². The monoisotopic (exact) mass is 317 g/mol. The summed E-state index contributed by atoms with van der Waals surface area (Å²) in [4.78, 5) is 11.9. The van der Waals surface area contributed by atoms with Crippen molar-refractivity contribution in [3.05, 3.63) is 47.5 Å². The minimum Gasteiger partial charge on any atom is -0.383 e. The molecule has 0 bridgehead atoms. The second-order valence-electron chi connectivity index (χ2n) is 5.29. The van der Waals surface area contributed by atoms with Crippen molar-refractivity contribution in [1.29, 1.82) is 5.26 Å². The van der Waals surface area contributed by atoms with Crippen LogP contribution in [-0.2, 0) is 12.6 Å². The third-order valence-electron chi connectivity index (χ3n) is 3.27. The molecule has 7 nitrogen and oxygen atoms in total. The number of aliphatic hydroxyl groups is 1. The lowest BCUT2D eigenvalue weighted by atomic mass is 10.00. The molecule has 0 saturated carbocycles. The van der Waals surface area contributed by atoms with Gasteiger partial charge in [-0.05, 0) is 25.1 Å². The van der Waals surface area contributed by atoms with Gasteiger partial charge in [-0.1, -0.05) is 0 Å². The van der Waals surface area contributed by atoms with Crippen LogP contribution in [0.25, 0.3) is 0 Å². The van der Waals surface area contributed by atoms with Crippen molar-refractivity contribution < 1.29 is 14.3 Å². The molecule has 2 aromatic rings. The number of halogens is 1. The maximum absolute atomic E-state index is 13.0. The van der Waals surface area contributed by atoms with Gasteiger partial charge in [0.25, 0.3) is 0 Å². The quantitative estimate of drug-likeness (QED) is 0.794. The summed E-state index contributed by atoms with van der Waals surface area (Å²) in [5.74, 6) is -0.563. The molecule has 0 spiro atoms. The van der Waals surface area contributed by atoms with Gasteiger partial charge < -0.3 is 15.7 Å². The van der Waals surface area contributed by atoms with Crippen LogP contribution in [0, 0.1) is 17.1 Å². The molecule has 120 valence electrons. The van der Waals surface area contributed by atoms with E-state index in [0.717, 1.165) is 12.1 Å². The molecule has 0 radical (unpaired) electrons. The van der Waals surface area contributed by atoms with Gasteiger partial charge in [-0.25, -0.2) is 9.18 Å². The van der Waals surface area contributed by atoms with E-state index in [1.165, 1.54) is 12.3 Å². The van der Waals surface area contributed by atoms with Crippen molar-refractivity contribution in [3.8, 4) is 6.07 Å². The van der Waals surface area contributed by atoms with Gasteiger partial charge in [-0.3, -0.25) is 4.68 Å². The van der Waals surface area contributed by atoms with Gasteiger partial charge in [0.05, 0.1) is 24.0 Å².